The van der Waals surface area contributed by atoms with Gasteiger partial charge >= 0.3 is 0 Å². The van der Waals surface area contributed by atoms with E-state index in [1.54, 1.807) is 13.1 Å². The Labute approximate surface area is 111 Å². The number of nitrogens with zero attached hydrogens (tertiary/aromatic N) is 4. The van der Waals surface area contributed by atoms with Crippen LogP contribution in [0.2, 0.25) is 5.02 Å². The van der Waals surface area contributed by atoms with Crippen molar-refractivity contribution in [3.63, 3.8) is 0 Å². The molecular formula is C12H14ClN5. The fourth-order valence-electron chi connectivity index (χ4n) is 1.56. The van der Waals surface area contributed by atoms with Crippen LogP contribution < -0.4 is 10.6 Å². The fourth-order valence-corrected chi connectivity index (χ4v) is 1.76. The summed E-state index contributed by atoms with van der Waals surface area (Å²) in [5.41, 5.74) is 7.73. The van der Waals surface area contributed by atoms with E-state index < -0.39 is 0 Å². The van der Waals surface area contributed by atoms with Gasteiger partial charge in [0.05, 0.1) is 16.4 Å². The van der Waals surface area contributed by atoms with Gasteiger partial charge in [0.15, 0.2) is 0 Å². The van der Waals surface area contributed by atoms with Crippen LogP contribution in [0.4, 0.5) is 11.8 Å². The van der Waals surface area contributed by atoms with Crippen LogP contribution >= 0.6 is 11.6 Å². The number of nitrogens with two attached hydrogens (primary N) is 1. The number of pyridine rings is 1. The SMILES string of the molecule is Cc1nc(N)nc(-c2ccc(N(C)C)nc2)c1Cl. The van der Waals surface area contributed by atoms with Crippen molar-refractivity contribution in [2.75, 3.05) is 24.7 Å². The Balaban J connectivity index is 2.49. The molecule has 2 aromatic rings. The Hall–Kier alpha value is -1.88. The second kappa shape index (κ2) is 4.78. The van der Waals surface area contributed by atoms with Gasteiger partial charge in [-0.3, -0.25) is 0 Å². The van der Waals surface area contributed by atoms with Crippen LogP contribution in [0, 0.1) is 6.92 Å². The van der Waals surface area contributed by atoms with Gasteiger partial charge in [0.1, 0.15) is 5.82 Å². The predicted octanol–water partition coefficient (Wildman–Crippen LogP) is 2.15. The largest absolute Gasteiger partial charge is 0.368 e. The monoisotopic (exact) mass is 263 g/mol. The van der Waals surface area contributed by atoms with Gasteiger partial charge in [-0.15, -0.1) is 0 Å². The number of rotatable bonds is 2. The molecule has 0 spiro atoms. The summed E-state index contributed by atoms with van der Waals surface area (Å²) in [6.45, 7) is 1.80. The summed E-state index contributed by atoms with van der Waals surface area (Å²) in [5, 5.41) is 0.503. The van der Waals surface area contributed by atoms with Crippen molar-refractivity contribution < 1.29 is 0 Å². The molecule has 0 aromatic carbocycles. The Morgan fingerprint density at radius 1 is 1.22 bits per heavy atom. The average Bonchev–Trinajstić information content (AvgIpc) is 2.34. The van der Waals surface area contributed by atoms with E-state index in [0.717, 1.165) is 11.4 Å². The number of halogens is 1. The molecular weight excluding hydrogens is 250 g/mol. The molecule has 0 fully saturated rings. The second-order valence-corrected chi connectivity index (χ2v) is 4.51. The Bertz CT molecular complexity index is 565. The van der Waals surface area contributed by atoms with E-state index in [-0.39, 0.29) is 5.95 Å². The first kappa shape index (κ1) is 12.6. The highest BCUT2D eigenvalue weighted by molar-refractivity contribution is 6.33. The molecule has 94 valence electrons. The van der Waals surface area contributed by atoms with Crippen LogP contribution in [-0.2, 0) is 0 Å². The van der Waals surface area contributed by atoms with E-state index in [1.165, 1.54) is 0 Å². The van der Waals surface area contributed by atoms with Gasteiger partial charge in [-0.2, -0.15) is 0 Å². The lowest BCUT2D eigenvalue weighted by atomic mass is 10.2. The number of nitrogen functional groups attached to an aromatic ring is 1. The van der Waals surface area contributed by atoms with Crippen molar-refractivity contribution in [3.8, 4) is 11.3 Å². The van der Waals surface area contributed by atoms with Crippen LogP contribution in [0.25, 0.3) is 11.3 Å². The molecule has 5 nitrogen and oxygen atoms in total. The summed E-state index contributed by atoms with van der Waals surface area (Å²) in [6.07, 6.45) is 1.72. The Morgan fingerprint density at radius 2 is 1.94 bits per heavy atom. The first-order valence-electron chi connectivity index (χ1n) is 5.42. The zero-order valence-electron chi connectivity index (χ0n) is 10.5. The molecule has 2 N–H and O–H groups in total. The molecule has 0 aliphatic rings. The maximum Gasteiger partial charge on any atom is 0.220 e. The van der Waals surface area contributed by atoms with Gasteiger partial charge in [-0.05, 0) is 19.1 Å². The standard InChI is InChI=1S/C12H14ClN5/c1-7-10(13)11(17-12(14)16-7)8-4-5-9(15-6-8)18(2)3/h4-6H,1-3H3,(H2,14,16,17). The second-order valence-electron chi connectivity index (χ2n) is 4.13. The van der Waals surface area contributed by atoms with E-state index in [2.05, 4.69) is 15.0 Å². The van der Waals surface area contributed by atoms with Crippen molar-refractivity contribution in [1.82, 2.24) is 15.0 Å². The maximum absolute atomic E-state index is 6.18. The molecule has 0 bridgehead atoms. The minimum atomic E-state index is 0.212. The third-order valence-electron chi connectivity index (χ3n) is 2.51. The normalized spacial score (nSPS) is 10.4. The van der Waals surface area contributed by atoms with E-state index in [9.17, 15) is 0 Å². The van der Waals surface area contributed by atoms with E-state index in [0.29, 0.717) is 16.4 Å². The van der Waals surface area contributed by atoms with Crippen molar-refractivity contribution in [2.45, 2.75) is 6.92 Å². The van der Waals surface area contributed by atoms with Crippen LogP contribution in [0.5, 0.6) is 0 Å². The molecule has 0 aliphatic carbocycles. The smallest absolute Gasteiger partial charge is 0.220 e. The zero-order valence-corrected chi connectivity index (χ0v) is 11.2. The van der Waals surface area contributed by atoms with E-state index in [4.69, 9.17) is 17.3 Å². The number of anilines is 2. The lowest BCUT2D eigenvalue weighted by Crippen LogP contribution is -2.10. The van der Waals surface area contributed by atoms with E-state index >= 15 is 0 Å². The third-order valence-corrected chi connectivity index (χ3v) is 2.97. The fraction of sp³-hybridized carbons (Fsp3) is 0.250. The molecule has 2 heterocycles. The molecule has 2 aromatic heterocycles. The minimum Gasteiger partial charge on any atom is -0.368 e. The molecule has 0 saturated carbocycles. The quantitative estimate of drug-likeness (QED) is 0.899. The van der Waals surface area contributed by atoms with Crippen molar-refractivity contribution in [3.05, 3.63) is 29.0 Å². The Kier molecular flexibility index (Phi) is 3.34. The molecule has 0 unspecified atom stereocenters. The van der Waals surface area contributed by atoms with Gasteiger partial charge in [0.25, 0.3) is 0 Å². The number of hydrogen-bond donors (Lipinski definition) is 1. The summed E-state index contributed by atoms with van der Waals surface area (Å²) in [4.78, 5) is 14.4. The Morgan fingerprint density at radius 3 is 2.50 bits per heavy atom. The molecule has 0 radical (unpaired) electrons. The maximum atomic E-state index is 6.18. The van der Waals surface area contributed by atoms with Crippen molar-refractivity contribution >= 4 is 23.4 Å². The highest BCUT2D eigenvalue weighted by Crippen LogP contribution is 2.28. The molecule has 0 aliphatic heterocycles. The van der Waals surface area contributed by atoms with E-state index in [1.807, 2.05) is 31.1 Å². The summed E-state index contributed by atoms with van der Waals surface area (Å²) < 4.78 is 0. The first-order valence-corrected chi connectivity index (χ1v) is 5.80. The first-order chi connectivity index (χ1) is 8.49. The van der Waals surface area contributed by atoms with Gasteiger partial charge in [0, 0.05) is 25.9 Å². The third kappa shape index (κ3) is 2.36. The number of aryl methyl sites for hydroxylation is 1. The average molecular weight is 264 g/mol. The number of aromatic nitrogens is 3. The van der Waals surface area contributed by atoms with Crippen LogP contribution in [0.3, 0.4) is 0 Å². The van der Waals surface area contributed by atoms with Gasteiger partial charge in [0.2, 0.25) is 5.95 Å². The van der Waals surface area contributed by atoms with Crippen LogP contribution in [0.1, 0.15) is 5.69 Å². The summed E-state index contributed by atoms with van der Waals surface area (Å²) in [7, 11) is 3.86. The predicted molar refractivity (Wildman–Crippen MR) is 73.7 cm³/mol. The lowest BCUT2D eigenvalue weighted by Gasteiger charge is -2.12. The lowest BCUT2D eigenvalue weighted by molar-refractivity contribution is 1.06. The van der Waals surface area contributed by atoms with Crippen molar-refractivity contribution in [1.29, 1.82) is 0 Å². The highest BCUT2D eigenvalue weighted by atomic mass is 35.5. The molecule has 6 heteroatoms. The molecule has 2 rings (SSSR count). The molecule has 0 amide bonds. The van der Waals surface area contributed by atoms with Gasteiger partial charge in [-0.25, -0.2) is 15.0 Å². The van der Waals surface area contributed by atoms with Crippen LogP contribution in [-0.4, -0.2) is 29.0 Å². The topological polar surface area (TPSA) is 67.9 Å². The number of hydrogen-bond acceptors (Lipinski definition) is 5. The molecule has 0 saturated heterocycles. The van der Waals surface area contributed by atoms with Crippen LogP contribution in [0.15, 0.2) is 18.3 Å². The summed E-state index contributed by atoms with van der Waals surface area (Å²) in [5.74, 6) is 1.08. The van der Waals surface area contributed by atoms with Gasteiger partial charge in [-0.1, -0.05) is 11.6 Å². The zero-order chi connectivity index (χ0) is 13.3. The van der Waals surface area contributed by atoms with Gasteiger partial charge < -0.3 is 10.6 Å². The molecule has 0 atom stereocenters. The van der Waals surface area contributed by atoms with Crippen molar-refractivity contribution in [2.24, 2.45) is 0 Å². The highest BCUT2D eigenvalue weighted by Gasteiger charge is 2.11. The summed E-state index contributed by atoms with van der Waals surface area (Å²) in [6, 6.07) is 3.81. The molecule has 18 heavy (non-hydrogen) atoms. The minimum absolute atomic E-state index is 0.212. The summed E-state index contributed by atoms with van der Waals surface area (Å²) >= 11 is 6.18.